The van der Waals surface area contributed by atoms with E-state index in [1.54, 1.807) is 6.92 Å². The van der Waals surface area contributed by atoms with Crippen LogP contribution in [0.1, 0.15) is 56.7 Å². The van der Waals surface area contributed by atoms with Gasteiger partial charge in [0.1, 0.15) is 0 Å². The molecule has 0 saturated heterocycles. The highest BCUT2D eigenvalue weighted by Crippen LogP contribution is 2.48. The van der Waals surface area contributed by atoms with E-state index in [2.05, 4.69) is 5.32 Å². The predicted octanol–water partition coefficient (Wildman–Crippen LogP) is 4.93. The molecule has 2 N–H and O–H groups in total. The third-order valence-electron chi connectivity index (χ3n) is 5.85. The van der Waals surface area contributed by atoms with Gasteiger partial charge in [0.05, 0.1) is 19.8 Å². The standard InChI is InChI=1S/C25H30N2O6/c1-4-6-16-33-23(30)26-25(15-5-2,22(28)29)27(24(31)32-3)21-19-13-9-7-11-17(19)18-12-8-10-14-20(18)21/h7-14,21H,4-6,15-16H2,1-3H3,(H,26,30)(H,28,29). The molecule has 1 aliphatic carbocycles. The van der Waals surface area contributed by atoms with E-state index >= 15 is 0 Å². The first kappa shape index (κ1) is 24.1. The molecule has 0 fully saturated rings. The molecule has 0 saturated carbocycles. The van der Waals surface area contributed by atoms with Crippen molar-refractivity contribution in [3.05, 3.63) is 59.7 Å². The monoisotopic (exact) mass is 454 g/mol. The molecule has 33 heavy (non-hydrogen) atoms. The van der Waals surface area contributed by atoms with Crippen LogP contribution < -0.4 is 5.32 Å². The average Bonchev–Trinajstić information content (AvgIpc) is 3.13. The number of hydrogen-bond acceptors (Lipinski definition) is 5. The number of nitrogens with one attached hydrogen (secondary N) is 1. The summed E-state index contributed by atoms with van der Waals surface area (Å²) in [7, 11) is 1.19. The van der Waals surface area contributed by atoms with Crippen LogP contribution in [0.5, 0.6) is 0 Å². The van der Waals surface area contributed by atoms with Crippen molar-refractivity contribution < 1.29 is 29.0 Å². The number of methoxy groups -OCH3 is 1. The molecular formula is C25H30N2O6. The van der Waals surface area contributed by atoms with E-state index < -0.39 is 29.9 Å². The third-order valence-corrected chi connectivity index (χ3v) is 5.85. The lowest BCUT2D eigenvalue weighted by Crippen LogP contribution is -2.67. The predicted molar refractivity (Wildman–Crippen MR) is 123 cm³/mol. The largest absolute Gasteiger partial charge is 0.478 e. The highest BCUT2D eigenvalue weighted by atomic mass is 16.6. The van der Waals surface area contributed by atoms with Gasteiger partial charge in [-0.05, 0) is 28.7 Å². The number of alkyl carbamates (subject to hydrolysis) is 1. The number of ether oxygens (including phenoxy) is 2. The Morgan fingerprint density at radius 3 is 2.06 bits per heavy atom. The summed E-state index contributed by atoms with van der Waals surface area (Å²) in [6.45, 7) is 3.89. The molecule has 0 heterocycles. The summed E-state index contributed by atoms with van der Waals surface area (Å²) >= 11 is 0. The van der Waals surface area contributed by atoms with Crippen LogP contribution in [-0.2, 0) is 14.3 Å². The zero-order valence-electron chi connectivity index (χ0n) is 19.2. The molecule has 8 heteroatoms. The fourth-order valence-corrected chi connectivity index (χ4v) is 4.37. The van der Waals surface area contributed by atoms with Gasteiger partial charge in [-0.1, -0.05) is 75.2 Å². The molecule has 2 aromatic rings. The van der Waals surface area contributed by atoms with Gasteiger partial charge in [-0.25, -0.2) is 14.4 Å². The van der Waals surface area contributed by atoms with Gasteiger partial charge in [-0.2, -0.15) is 0 Å². The summed E-state index contributed by atoms with van der Waals surface area (Å²) in [5.41, 5.74) is 1.22. The van der Waals surface area contributed by atoms with Crippen molar-refractivity contribution in [2.75, 3.05) is 13.7 Å². The first-order chi connectivity index (χ1) is 15.9. The van der Waals surface area contributed by atoms with Crippen LogP contribution in [0.15, 0.2) is 48.5 Å². The van der Waals surface area contributed by atoms with Crippen molar-refractivity contribution in [2.24, 2.45) is 0 Å². The van der Waals surface area contributed by atoms with Crippen molar-refractivity contribution in [2.45, 2.75) is 51.2 Å². The molecule has 0 spiro atoms. The van der Waals surface area contributed by atoms with Crippen molar-refractivity contribution in [3.8, 4) is 11.1 Å². The van der Waals surface area contributed by atoms with Gasteiger partial charge < -0.3 is 14.6 Å². The Balaban J connectivity index is 2.17. The maximum atomic E-state index is 13.2. The lowest BCUT2D eigenvalue weighted by atomic mass is 9.95. The molecule has 0 radical (unpaired) electrons. The number of carbonyl (C=O) groups excluding carboxylic acids is 2. The minimum Gasteiger partial charge on any atom is -0.478 e. The number of carboxylic acid groups (broad SMARTS) is 1. The van der Waals surface area contributed by atoms with E-state index in [9.17, 15) is 19.5 Å². The molecule has 0 aromatic heterocycles. The van der Waals surface area contributed by atoms with E-state index in [4.69, 9.17) is 9.47 Å². The molecule has 176 valence electrons. The average molecular weight is 455 g/mol. The smallest absolute Gasteiger partial charge is 0.412 e. The van der Waals surface area contributed by atoms with Crippen LogP contribution in [0, 0.1) is 0 Å². The van der Waals surface area contributed by atoms with Gasteiger partial charge >= 0.3 is 18.2 Å². The lowest BCUT2D eigenvalue weighted by molar-refractivity contribution is -0.154. The fourth-order valence-electron chi connectivity index (χ4n) is 4.37. The first-order valence-electron chi connectivity index (χ1n) is 11.1. The summed E-state index contributed by atoms with van der Waals surface area (Å²) < 4.78 is 10.3. The summed E-state index contributed by atoms with van der Waals surface area (Å²) in [6.07, 6.45) is 0.0392. The van der Waals surface area contributed by atoms with Gasteiger partial charge in [0.25, 0.3) is 0 Å². The van der Waals surface area contributed by atoms with Gasteiger partial charge in [-0.15, -0.1) is 0 Å². The Labute approximate surface area is 193 Å². The van der Waals surface area contributed by atoms with Gasteiger partial charge in [0.15, 0.2) is 0 Å². The molecule has 1 unspecified atom stereocenters. The SMILES string of the molecule is CCCCOC(=O)NC(CCC)(C(=O)O)N(C(=O)OC)C1c2ccccc2-c2ccccc21. The van der Waals surface area contributed by atoms with Crippen LogP contribution in [-0.4, -0.2) is 47.5 Å². The number of fused-ring (bicyclic) bond motifs is 3. The van der Waals surface area contributed by atoms with E-state index in [0.29, 0.717) is 12.8 Å². The Kier molecular flexibility index (Phi) is 7.58. The topological polar surface area (TPSA) is 105 Å². The molecule has 2 aromatic carbocycles. The van der Waals surface area contributed by atoms with E-state index in [1.165, 1.54) is 7.11 Å². The second kappa shape index (κ2) is 10.4. The highest BCUT2D eigenvalue weighted by Gasteiger charge is 2.54. The molecule has 2 amide bonds. The zero-order valence-corrected chi connectivity index (χ0v) is 19.2. The van der Waals surface area contributed by atoms with Crippen molar-refractivity contribution >= 4 is 18.2 Å². The van der Waals surface area contributed by atoms with Crippen molar-refractivity contribution in [1.82, 2.24) is 10.2 Å². The van der Waals surface area contributed by atoms with Crippen LogP contribution in [0.2, 0.25) is 0 Å². The quantitative estimate of drug-likeness (QED) is 0.411. The summed E-state index contributed by atoms with van der Waals surface area (Å²) in [4.78, 5) is 39.8. The van der Waals surface area contributed by atoms with Crippen molar-refractivity contribution in [3.63, 3.8) is 0 Å². The van der Waals surface area contributed by atoms with E-state index in [0.717, 1.165) is 33.6 Å². The van der Waals surface area contributed by atoms with E-state index in [-0.39, 0.29) is 13.0 Å². The molecule has 1 atom stereocenters. The first-order valence-corrected chi connectivity index (χ1v) is 11.1. The Bertz CT molecular complexity index is 978. The van der Waals surface area contributed by atoms with Gasteiger partial charge in [-0.3, -0.25) is 10.2 Å². The number of nitrogens with zero attached hydrogens (tertiary/aromatic N) is 1. The number of carbonyl (C=O) groups is 3. The van der Waals surface area contributed by atoms with Gasteiger partial charge in [0, 0.05) is 6.42 Å². The maximum Gasteiger partial charge on any atom is 0.412 e. The third kappa shape index (κ3) is 4.51. The lowest BCUT2D eigenvalue weighted by Gasteiger charge is -2.43. The molecule has 3 rings (SSSR count). The second-order valence-electron chi connectivity index (χ2n) is 7.95. The molecule has 8 nitrogen and oxygen atoms in total. The van der Waals surface area contributed by atoms with Crippen LogP contribution in [0.25, 0.3) is 11.1 Å². The number of unbranched alkanes of at least 4 members (excludes halogenated alkanes) is 1. The fraction of sp³-hybridized carbons (Fsp3) is 0.400. The number of rotatable bonds is 9. The normalized spacial score (nSPS) is 13.9. The summed E-state index contributed by atoms with van der Waals surface area (Å²) in [5.74, 6) is -1.37. The minimum atomic E-state index is -2.08. The van der Waals surface area contributed by atoms with Crippen LogP contribution in [0.3, 0.4) is 0 Å². The van der Waals surface area contributed by atoms with Crippen LogP contribution in [0.4, 0.5) is 9.59 Å². The molecule has 1 aliphatic rings. The van der Waals surface area contributed by atoms with Crippen molar-refractivity contribution in [1.29, 1.82) is 0 Å². The maximum absolute atomic E-state index is 13.2. The second-order valence-corrected chi connectivity index (χ2v) is 7.95. The number of benzene rings is 2. The summed E-state index contributed by atoms with van der Waals surface area (Å²) in [6, 6.07) is 14.2. The van der Waals surface area contributed by atoms with E-state index in [1.807, 2.05) is 55.5 Å². The Morgan fingerprint density at radius 2 is 1.58 bits per heavy atom. The zero-order chi connectivity index (χ0) is 24.0. The minimum absolute atomic E-state index is 0.0405. The Morgan fingerprint density at radius 1 is 1.00 bits per heavy atom. The summed E-state index contributed by atoms with van der Waals surface area (Å²) in [5, 5.41) is 12.9. The van der Waals surface area contributed by atoms with Crippen LogP contribution >= 0.6 is 0 Å². The number of amides is 2. The van der Waals surface area contributed by atoms with Gasteiger partial charge in [0.2, 0.25) is 5.66 Å². The number of aliphatic carboxylic acids is 1. The molecule has 0 aliphatic heterocycles. The number of carboxylic acids is 1. The Hall–Kier alpha value is -3.55. The number of hydrogen-bond donors (Lipinski definition) is 2. The molecule has 0 bridgehead atoms. The highest BCUT2D eigenvalue weighted by molar-refractivity contribution is 5.90. The molecular weight excluding hydrogens is 424 g/mol.